The first-order chi connectivity index (χ1) is 9.83. The van der Waals surface area contributed by atoms with Crippen LogP contribution in [-0.2, 0) is 6.42 Å². The topological polar surface area (TPSA) is 12.0 Å². The standard InChI is InChI=1S/C18H25Cl2N/c1-17(2)13-6-8-18(3,11-13)16(17)21-9-7-12-4-5-14(19)10-15(12)20/h4-5,10,13,16,21H,6-9,11H2,1-3H3. The van der Waals surface area contributed by atoms with E-state index in [4.69, 9.17) is 23.2 Å². The minimum Gasteiger partial charge on any atom is -0.313 e. The average Bonchev–Trinajstić information content (AvgIpc) is 2.87. The van der Waals surface area contributed by atoms with Gasteiger partial charge in [-0.15, -0.1) is 0 Å². The second-order valence-corrected chi connectivity index (χ2v) is 8.63. The maximum Gasteiger partial charge on any atom is 0.0453 e. The van der Waals surface area contributed by atoms with Gasteiger partial charge in [-0.1, -0.05) is 50.0 Å². The van der Waals surface area contributed by atoms with Crippen LogP contribution in [0.2, 0.25) is 10.0 Å². The summed E-state index contributed by atoms with van der Waals surface area (Å²) in [5, 5.41) is 5.33. The van der Waals surface area contributed by atoms with Gasteiger partial charge >= 0.3 is 0 Å². The molecule has 1 N–H and O–H groups in total. The van der Waals surface area contributed by atoms with E-state index in [-0.39, 0.29) is 0 Å². The molecule has 0 aliphatic heterocycles. The molecule has 2 fully saturated rings. The number of halogens is 2. The number of fused-ring (bicyclic) bond motifs is 2. The molecule has 2 aliphatic carbocycles. The van der Waals surface area contributed by atoms with Gasteiger partial charge in [-0.3, -0.25) is 0 Å². The van der Waals surface area contributed by atoms with E-state index in [0.29, 0.717) is 21.9 Å². The molecule has 2 aliphatic rings. The fourth-order valence-corrected chi connectivity index (χ4v) is 5.39. The largest absolute Gasteiger partial charge is 0.313 e. The Labute approximate surface area is 138 Å². The summed E-state index contributed by atoms with van der Waals surface area (Å²) in [5.41, 5.74) is 2.08. The summed E-state index contributed by atoms with van der Waals surface area (Å²) in [4.78, 5) is 0. The number of benzene rings is 1. The van der Waals surface area contributed by atoms with Gasteiger partial charge in [0.2, 0.25) is 0 Å². The number of hydrogen-bond donors (Lipinski definition) is 1. The van der Waals surface area contributed by atoms with Crippen LogP contribution in [0.25, 0.3) is 0 Å². The molecule has 0 saturated heterocycles. The zero-order valence-corrected chi connectivity index (χ0v) is 14.7. The number of hydrogen-bond acceptors (Lipinski definition) is 1. The van der Waals surface area contributed by atoms with Crippen LogP contribution in [-0.4, -0.2) is 12.6 Å². The fourth-order valence-electron chi connectivity index (χ4n) is 4.89. The molecule has 0 spiro atoms. The molecule has 3 heteroatoms. The molecule has 2 bridgehead atoms. The quantitative estimate of drug-likeness (QED) is 0.787. The lowest BCUT2D eigenvalue weighted by Gasteiger charge is -2.43. The second-order valence-electron chi connectivity index (χ2n) is 7.79. The van der Waals surface area contributed by atoms with Crippen molar-refractivity contribution in [3.05, 3.63) is 33.8 Å². The Morgan fingerprint density at radius 3 is 2.62 bits per heavy atom. The van der Waals surface area contributed by atoms with E-state index in [0.717, 1.165) is 23.9 Å². The van der Waals surface area contributed by atoms with Crippen molar-refractivity contribution in [1.29, 1.82) is 0 Å². The molecule has 0 aromatic heterocycles. The zero-order valence-electron chi connectivity index (χ0n) is 13.2. The van der Waals surface area contributed by atoms with Gasteiger partial charge < -0.3 is 5.32 Å². The van der Waals surface area contributed by atoms with Gasteiger partial charge in [-0.25, -0.2) is 0 Å². The summed E-state index contributed by atoms with van der Waals surface area (Å²) in [6.07, 6.45) is 5.13. The van der Waals surface area contributed by atoms with Crippen molar-refractivity contribution in [3.8, 4) is 0 Å². The van der Waals surface area contributed by atoms with E-state index >= 15 is 0 Å². The molecular formula is C18H25Cl2N. The van der Waals surface area contributed by atoms with Gasteiger partial charge in [0.1, 0.15) is 0 Å². The lowest BCUT2D eigenvalue weighted by atomic mass is 9.68. The van der Waals surface area contributed by atoms with Crippen LogP contribution in [0.5, 0.6) is 0 Å². The maximum atomic E-state index is 6.26. The Bertz CT molecular complexity index is 535. The predicted octanol–water partition coefficient (Wildman–Crippen LogP) is 5.34. The molecule has 1 nitrogen and oxygen atoms in total. The SMILES string of the molecule is CC12CCC(C1)C(C)(C)C2NCCc1ccc(Cl)cc1Cl. The van der Waals surface area contributed by atoms with Crippen molar-refractivity contribution in [3.63, 3.8) is 0 Å². The van der Waals surface area contributed by atoms with Crippen LogP contribution in [0.1, 0.15) is 45.6 Å². The van der Waals surface area contributed by atoms with Crippen molar-refractivity contribution in [2.45, 2.75) is 52.5 Å². The van der Waals surface area contributed by atoms with Gasteiger partial charge in [-0.05, 0) is 66.7 Å². The molecule has 0 amide bonds. The highest BCUT2D eigenvalue weighted by atomic mass is 35.5. The summed E-state index contributed by atoms with van der Waals surface area (Å²) in [6.45, 7) is 8.33. The van der Waals surface area contributed by atoms with Crippen LogP contribution < -0.4 is 5.32 Å². The summed E-state index contributed by atoms with van der Waals surface area (Å²) in [5.74, 6) is 0.888. The first-order valence-electron chi connectivity index (χ1n) is 8.00. The van der Waals surface area contributed by atoms with Gasteiger partial charge in [0, 0.05) is 16.1 Å². The van der Waals surface area contributed by atoms with Crippen molar-refractivity contribution in [2.75, 3.05) is 6.54 Å². The summed E-state index contributed by atoms with van der Waals surface area (Å²) >= 11 is 12.2. The Kier molecular flexibility index (Phi) is 4.05. The highest BCUT2D eigenvalue weighted by Gasteiger charge is 2.58. The van der Waals surface area contributed by atoms with Crippen LogP contribution in [0.15, 0.2) is 18.2 Å². The first kappa shape index (κ1) is 15.6. The summed E-state index contributed by atoms with van der Waals surface area (Å²) < 4.78 is 0. The van der Waals surface area contributed by atoms with E-state index in [1.165, 1.54) is 24.8 Å². The Balaban J connectivity index is 1.63. The molecule has 0 radical (unpaired) electrons. The van der Waals surface area contributed by atoms with Crippen molar-refractivity contribution >= 4 is 23.2 Å². The monoisotopic (exact) mass is 325 g/mol. The van der Waals surface area contributed by atoms with Crippen molar-refractivity contribution in [1.82, 2.24) is 5.32 Å². The maximum absolute atomic E-state index is 6.26. The third-order valence-corrected chi connectivity index (χ3v) is 6.61. The van der Waals surface area contributed by atoms with E-state index in [2.05, 4.69) is 26.1 Å². The minimum atomic E-state index is 0.413. The Morgan fingerprint density at radius 2 is 2.00 bits per heavy atom. The van der Waals surface area contributed by atoms with Gasteiger partial charge in [0.15, 0.2) is 0 Å². The number of nitrogens with one attached hydrogen (secondary N) is 1. The van der Waals surface area contributed by atoms with E-state index in [1.54, 1.807) is 0 Å². The summed E-state index contributed by atoms with van der Waals surface area (Å²) in [6, 6.07) is 6.42. The molecule has 1 aromatic carbocycles. The van der Waals surface area contributed by atoms with Crippen LogP contribution in [0, 0.1) is 16.7 Å². The normalized spacial score (nSPS) is 33.6. The Morgan fingerprint density at radius 1 is 1.24 bits per heavy atom. The van der Waals surface area contributed by atoms with E-state index in [1.807, 2.05) is 18.2 Å². The highest BCUT2D eigenvalue weighted by molar-refractivity contribution is 6.35. The molecule has 21 heavy (non-hydrogen) atoms. The van der Waals surface area contributed by atoms with E-state index in [9.17, 15) is 0 Å². The molecule has 3 unspecified atom stereocenters. The molecule has 116 valence electrons. The van der Waals surface area contributed by atoms with Crippen LogP contribution >= 0.6 is 23.2 Å². The minimum absolute atomic E-state index is 0.413. The predicted molar refractivity (Wildman–Crippen MR) is 91.2 cm³/mol. The third-order valence-electron chi connectivity index (χ3n) is 6.03. The van der Waals surface area contributed by atoms with E-state index < -0.39 is 0 Å². The van der Waals surface area contributed by atoms with Gasteiger partial charge in [0.25, 0.3) is 0 Å². The van der Waals surface area contributed by atoms with Crippen molar-refractivity contribution in [2.24, 2.45) is 16.7 Å². The fraction of sp³-hybridized carbons (Fsp3) is 0.667. The summed E-state index contributed by atoms with van der Waals surface area (Å²) in [7, 11) is 0. The van der Waals surface area contributed by atoms with Crippen molar-refractivity contribution < 1.29 is 0 Å². The average molecular weight is 326 g/mol. The van der Waals surface area contributed by atoms with Gasteiger partial charge in [0.05, 0.1) is 0 Å². The second kappa shape index (κ2) is 5.44. The molecule has 3 atom stereocenters. The molecule has 3 rings (SSSR count). The molecular weight excluding hydrogens is 301 g/mol. The third kappa shape index (κ3) is 2.73. The Hall–Kier alpha value is -0.240. The molecule has 0 heterocycles. The van der Waals surface area contributed by atoms with Gasteiger partial charge in [-0.2, -0.15) is 0 Å². The zero-order chi connectivity index (χ0) is 15.3. The highest BCUT2D eigenvalue weighted by Crippen LogP contribution is 2.62. The molecule has 2 saturated carbocycles. The van der Waals surface area contributed by atoms with Crippen LogP contribution in [0.3, 0.4) is 0 Å². The lowest BCUT2D eigenvalue weighted by molar-refractivity contribution is 0.110. The number of rotatable bonds is 4. The first-order valence-corrected chi connectivity index (χ1v) is 8.76. The molecule has 1 aromatic rings. The van der Waals surface area contributed by atoms with Crippen LogP contribution in [0.4, 0.5) is 0 Å². The smallest absolute Gasteiger partial charge is 0.0453 e. The lowest BCUT2D eigenvalue weighted by Crippen LogP contribution is -2.50.